The molecule has 1 aliphatic rings. The smallest absolute Gasteiger partial charge is 0.161 e. The number of rotatable bonds is 7. The van der Waals surface area contributed by atoms with Crippen LogP contribution in [0.3, 0.4) is 0 Å². The maximum Gasteiger partial charge on any atom is 0.161 e. The van der Waals surface area contributed by atoms with Crippen LogP contribution in [0.5, 0.6) is 11.5 Å². The predicted molar refractivity (Wildman–Crippen MR) is 126 cm³/mol. The second-order valence-corrected chi connectivity index (χ2v) is 8.30. The summed E-state index contributed by atoms with van der Waals surface area (Å²) in [7, 11) is 7.46. The van der Waals surface area contributed by atoms with Crippen LogP contribution >= 0.6 is 0 Å². The fraction of sp³-hybridized carbons (Fsp3) is 0.400. The number of nitrogens with zero attached hydrogens (tertiary/aromatic N) is 5. The third-order valence-electron chi connectivity index (χ3n) is 6.05. The second-order valence-electron chi connectivity index (χ2n) is 8.30. The molecule has 2 aromatic heterocycles. The number of likely N-dealkylation sites (tertiary alicyclic amines) is 1. The van der Waals surface area contributed by atoms with Crippen molar-refractivity contribution in [2.75, 3.05) is 46.3 Å². The number of hydrogen-bond acceptors (Lipinski definition) is 7. The van der Waals surface area contributed by atoms with Crippen molar-refractivity contribution >= 4 is 5.82 Å². The van der Waals surface area contributed by atoms with Crippen molar-refractivity contribution in [2.45, 2.75) is 25.3 Å². The van der Waals surface area contributed by atoms with Crippen LogP contribution in [-0.2, 0) is 6.54 Å². The lowest BCUT2D eigenvalue weighted by Gasteiger charge is -2.32. The fourth-order valence-corrected chi connectivity index (χ4v) is 4.22. The summed E-state index contributed by atoms with van der Waals surface area (Å²) in [6.07, 6.45) is 5.67. The van der Waals surface area contributed by atoms with Gasteiger partial charge in [0, 0.05) is 56.3 Å². The molecule has 1 saturated heterocycles. The molecule has 0 spiro atoms. The van der Waals surface area contributed by atoms with Crippen molar-refractivity contribution in [1.82, 2.24) is 19.9 Å². The zero-order chi connectivity index (χ0) is 22.5. The van der Waals surface area contributed by atoms with Crippen LogP contribution in [0.4, 0.5) is 5.82 Å². The van der Waals surface area contributed by atoms with Gasteiger partial charge in [-0.1, -0.05) is 6.07 Å². The highest BCUT2D eigenvalue weighted by atomic mass is 16.5. The third kappa shape index (κ3) is 4.83. The number of anilines is 1. The number of methoxy groups -OCH3 is 2. The first-order valence-electron chi connectivity index (χ1n) is 11.0. The van der Waals surface area contributed by atoms with E-state index in [4.69, 9.17) is 19.4 Å². The molecule has 0 unspecified atom stereocenters. The third-order valence-corrected chi connectivity index (χ3v) is 6.05. The van der Waals surface area contributed by atoms with E-state index in [1.807, 2.05) is 49.3 Å². The average Bonchev–Trinajstić information content (AvgIpc) is 2.84. The maximum atomic E-state index is 5.58. The van der Waals surface area contributed by atoms with Crippen LogP contribution in [0.15, 0.2) is 48.8 Å². The van der Waals surface area contributed by atoms with Gasteiger partial charge in [0.15, 0.2) is 5.82 Å². The monoisotopic (exact) mass is 433 g/mol. The van der Waals surface area contributed by atoms with E-state index < -0.39 is 0 Å². The molecule has 0 N–H and O–H groups in total. The molecule has 168 valence electrons. The summed E-state index contributed by atoms with van der Waals surface area (Å²) in [5.41, 5.74) is 3.21. The molecule has 0 atom stereocenters. The minimum atomic E-state index is 0.410. The molecule has 4 rings (SSSR count). The van der Waals surface area contributed by atoms with Crippen LogP contribution in [0, 0.1) is 0 Å². The van der Waals surface area contributed by atoms with Gasteiger partial charge in [0.25, 0.3) is 0 Å². The van der Waals surface area contributed by atoms with Crippen molar-refractivity contribution in [2.24, 2.45) is 0 Å². The lowest BCUT2D eigenvalue weighted by molar-refractivity contribution is 0.198. The van der Waals surface area contributed by atoms with Crippen molar-refractivity contribution in [1.29, 1.82) is 0 Å². The van der Waals surface area contributed by atoms with Crippen molar-refractivity contribution in [3.63, 3.8) is 0 Å². The Morgan fingerprint density at radius 2 is 1.62 bits per heavy atom. The van der Waals surface area contributed by atoms with Crippen molar-refractivity contribution in [3.05, 3.63) is 60.0 Å². The van der Waals surface area contributed by atoms with Gasteiger partial charge >= 0.3 is 0 Å². The summed E-state index contributed by atoms with van der Waals surface area (Å²) in [6.45, 7) is 2.81. The number of piperidine rings is 1. The summed E-state index contributed by atoms with van der Waals surface area (Å²) in [5.74, 6) is 3.85. The molecular weight excluding hydrogens is 402 g/mol. The number of ether oxygens (including phenoxy) is 2. The normalized spacial score (nSPS) is 14.9. The van der Waals surface area contributed by atoms with Gasteiger partial charge in [-0.2, -0.15) is 0 Å². The van der Waals surface area contributed by atoms with E-state index in [1.54, 1.807) is 26.6 Å². The van der Waals surface area contributed by atoms with Crippen molar-refractivity contribution < 1.29 is 9.47 Å². The molecule has 0 amide bonds. The lowest BCUT2D eigenvalue weighted by atomic mass is 9.92. The fourth-order valence-electron chi connectivity index (χ4n) is 4.22. The first-order valence-corrected chi connectivity index (χ1v) is 11.0. The van der Waals surface area contributed by atoms with E-state index >= 15 is 0 Å². The molecule has 0 bridgehead atoms. The SMILES string of the molecule is COc1cccc(OC)c1CN1CCC(c2cc(N(C)C)nc(-c3ccncc3)n2)CC1. The van der Waals surface area contributed by atoms with E-state index in [1.165, 1.54) is 0 Å². The van der Waals surface area contributed by atoms with Gasteiger partial charge in [-0.25, -0.2) is 9.97 Å². The Kier molecular flexibility index (Phi) is 6.85. The molecule has 1 fully saturated rings. The summed E-state index contributed by atoms with van der Waals surface area (Å²) >= 11 is 0. The molecule has 32 heavy (non-hydrogen) atoms. The second kappa shape index (κ2) is 9.96. The molecule has 0 aliphatic carbocycles. The summed E-state index contributed by atoms with van der Waals surface area (Å²) in [4.78, 5) is 18.3. The number of benzene rings is 1. The molecule has 3 heterocycles. The van der Waals surface area contributed by atoms with E-state index in [9.17, 15) is 0 Å². The van der Waals surface area contributed by atoms with Gasteiger partial charge in [0.2, 0.25) is 0 Å². The quantitative estimate of drug-likeness (QED) is 0.558. The molecular formula is C25H31N5O2. The molecule has 0 saturated carbocycles. The van der Waals surface area contributed by atoms with E-state index in [-0.39, 0.29) is 0 Å². The van der Waals surface area contributed by atoms with E-state index in [0.717, 1.165) is 72.4 Å². The highest BCUT2D eigenvalue weighted by molar-refractivity contribution is 5.57. The van der Waals surface area contributed by atoms with Gasteiger partial charge < -0.3 is 14.4 Å². The van der Waals surface area contributed by atoms with Crippen LogP contribution in [0.25, 0.3) is 11.4 Å². The summed E-state index contributed by atoms with van der Waals surface area (Å²) < 4.78 is 11.2. The molecule has 3 aromatic rings. The molecule has 7 nitrogen and oxygen atoms in total. The highest BCUT2D eigenvalue weighted by Gasteiger charge is 2.25. The van der Waals surface area contributed by atoms with Gasteiger partial charge in [0.1, 0.15) is 17.3 Å². The highest BCUT2D eigenvalue weighted by Crippen LogP contribution is 2.34. The topological polar surface area (TPSA) is 63.6 Å². The number of pyridine rings is 1. The predicted octanol–water partition coefficient (Wildman–Crippen LogP) is 4.00. The summed E-state index contributed by atoms with van der Waals surface area (Å²) in [5, 5.41) is 0. The molecule has 1 aromatic carbocycles. The average molecular weight is 434 g/mol. The van der Waals surface area contributed by atoms with Crippen LogP contribution in [-0.4, -0.2) is 61.3 Å². The Bertz CT molecular complexity index is 1010. The Balaban J connectivity index is 1.51. The minimum Gasteiger partial charge on any atom is -0.496 e. The summed E-state index contributed by atoms with van der Waals surface area (Å²) in [6, 6.07) is 12.0. The van der Waals surface area contributed by atoms with Gasteiger partial charge in [0.05, 0.1) is 19.8 Å². The van der Waals surface area contributed by atoms with E-state index in [2.05, 4.69) is 16.0 Å². The van der Waals surface area contributed by atoms with Gasteiger partial charge in [-0.05, 0) is 50.2 Å². The molecule has 1 aliphatic heterocycles. The van der Waals surface area contributed by atoms with Crippen LogP contribution in [0.2, 0.25) is 0 Å². The Morgan fingerprint density at radius 3 is 2.22 bits per heavy atom. The first kappa shape index (κ1) is 22.0. The maximum absolute atomic E-state index is 5.58. The van der Waals surface area contributed by atoms with Crippen LogP contribution in [0.1, 0.15) is 30.0 Å². The van der Waals surface area contributed by atoms with Crippen molar-refractivity contribution in [3.8, 4) is 22.9 Å². The Morgan fingerprint density at radius 1 is 0.969 bits per heavy atom. The molecule has 0 radical (unpaired) electrons. The zero-order valence-electron chi connectivity index (χ0n) is 19.3. The van der Waals surface area contributed by atoms with Gasteiger partial charge in [-0.15, -0.1) is 0 Å². The Labute approximate surface area is 190 Å². The molecule has 7 heteroatoms. The lowest BCUT2D eigenvalue weighted by Crippen LogP contribution is -2.33. The standard InChI is InChI=1S/C25H31N5O2/c1-29(2)24-16-21(27-25(28-24)19-8-12-26-13-9-19)18-10-14-30(15-11-18)17-20-22(31-3)6-5-7-23(20)32-4/h5-9,12-13,16,18H,10-11,14-15,17H2,1-4H3. The first-order chi connectivity index (χ1) is 15.6. The zero-order valence-corrected chi connectivity index (χ0v) is 19.3. The minimum absolute atomic E-state index is 0.410. The Hall–Kier alpha value is -3.19. The number of aromatic nitrogens is 3. The largest absolute Gasteiger partial charge is 0.496 e. The van der Waals surface area contributed by atoms with Gasteiger partial charge in [-0.3, -0.25) is 9.88 Å². The van der Waals surface area contributed by atoms with E-state index in [0.29, 0.717) is 5.92 Å². The van der Waals surface area contributed by atoms with Crippen LogP contribution < -0.4 is 14.4 Å². The number of hydrogen-bond donors (Lipinski definition) is 0.